The van der Waals surface area contributed by atoms with E-state index in [2.05, 4.69) is 5.32 Å². The van der Waals surface area contributed by atoms with Crippen LogP contribution in [0.25, 0.3) is 0 Å². The molecule has 0 saturated heterocycles. The first-order valence-corrected chi connectivity index (χ1v) is 7.24. The largest absolute Gasteiger partial charge is 0.480 e. The van der Waals surface area contributed by atoms with Crippen molar-refractivity contribution in [3.63, 3.8) is 0 Å². The highest BCUT2D eigenvalue weighted by Crippen LogP contribution is 2.27. The van der Waals surface area contributed by atoms with Gasteiger partial charge in [0.05, 0.1) is 5.75 Å². The van der Waals surface area contributed by atoms with Gasteiger partial charge in [-0.25, -0.2) is 0 Å². The van der Waals surface area contributed by atoms with E-state index >= 15 is 0 Å². The summed E-state index contributed by atoms with van der Waals surface area (Å²) in [6.07, 6.45) is 0. The topological polar surface area (TPSA) is 109 Å². The Morgan fingerprint density at radius 1 is 1.29 bits per heavy atom. The fraction of sp³-hybridized carbons (Fsp3) is 0.357. The number of nitrogens with one attached hydrogen (secondary N) is 1. The molecule has 0 heterocycles. The van der Waals surface area contributed by atoms with Crippen LogP contribution >= 0.6 is 11.8 Å². The zero-order chi connectivity index (χ0) is 16.0. The Kier molecular flexibility index (Phi) is 5.92. The molecule has 0 radical (unpaired) electrons. The summed E-state index contributed by atoms with van der Waals surface area (Å²) in [5.74, 6) is -2.15. The number of hydrogen-bond acceptors (Lipinski definition) is 5. The van der Waals surface area contributed by atoms with Crippen LogP contribution < -0.4 is 11.1 Å². The van der Waals surface area contributed by atoms with Gasteiger partial charge in [0.1, 0.15) is 6.04 Å². The molecule has 0 aliphatic rings. The van der Waals surface area contributed by atoms with E-state index in [1.807, 2.05) is 0 Å². The Morgan fingerprint density at radius 3 is 2.38 bits per heavy atom. The first kappa shape index (κ1) is 17.2. The smallest absolute Gasteiger partial charge is 0.321 e. The van der Waals surface area contributed by atoms with Crippen molar-refractivity contribution in [3.8, 4) is 0 Å². The number of benzene rings is 1. The molecule has 0 fully saturated rings. The third-order valence-corrected chi connectivity index (χ3v) is 4.28. The summed E-state index contributed by atoms with van der Waals surface area (Å²) in [6.45, 7) is 3.28. The summed E-state index contributed by atoms with van der Waals surface area (Å²) in [5.41, 5.74) is 5.94. The minimum atomic E-state index is -1.13. The summed E-state index contributed by atoms with van der Waals surface area (Å²) in [7, 11) is 0. The summed E-state index contributed by atoms with van der Waals surface area (Å²) in [6, 6.07) is 7.26. The molecule has 0 spiro atoms. The second-order valence-corrected chi connectivity index (χ2v) is 6.58. The van der Waals surface area contributed by atoms with Crippen molar-refractivity contribution in [1.82, 2.24) is 5.32 Å². The molecule has 1 aromatic rings. The molecule has 21 heavy (non-hydrogen) atoms. The molecule has 114 valence electrons. The van der Waals surface area contributed by atoms with Gasteiger partial charge >= 0.3 is 5.97 Å². The maximum absolute atomic E-state index is 11.8. The Balaban J connectivity index is 2.51. The zero-order valence-corrected chi connectivity index (χ0v) is 12.6. The van der Waals surface area contributed by atoms with Crippen LogP contribution in [0.2, 0.25) is 0 Å². The number of carboxylic acid groups (broad SMARTS) is 1. The average molecular weight is 310 g/mol. The van der Waals surface area contributed by atoms with Gasteiger partial charge in [-0.3, -0.25) is 19.7 Å². The maximum atomic E-state index is 11.8. The van der Waals surface area contributed by atoms with E-state index < -0.39 is 28.6 Å². The average Bonchev–Trinajstić information content (AvgIpc) is 2.45. The third-order valence-electron chi connectivity index (χ3n) is 2.88. The lowest BCUT2D eigenvalue weighted by molar-refractivity contribution is -0.139. The molecule has 2 amide bonds. The number of carboxylic acids is 1. The van der Waals surface area contributed by atoms with Gasteiger partial charge in [-0.2, -0.15) is 0 Å². The maximum Gasteiger partial charge on any atom is 0.321 e. The molecule has 4 N–H and O–H groups in total. The van der Waals surface area contributed by atoms with E-state index in [1.54, 1.807) is 44.2 Å². The highest BCUT2D eigenvalue weighted by Gasteiger charge is 2.33. The minimum absolute atomic E-state index is 0.0491. The normalized spacial score (nSPS) is 12.5. The van der Waals surface area contributed by atoms with Crippen LogP contribution in [0.3, 0.4) is 0 Å². The molecule has 1 atom stereocenters. The summed E-state index contributed by atoms with van der Waals surface area (Å²) < 4.78 is -0.820. The van der Waals surface area contributed by atoms with E-state index in [0.717, 1.165) is 11.8 Å². The lowest BCUT2D eigenvalue weighted by Gasteiger charge is -2.27. The van der Waals surface area contributed by atoms with Crippen molar-refractivity contribution in [2.75, 3.05) is 5.75 Å². The second kappa shape index (κ2) is 7.24. The van der Waals surface area contributed by atoms with Crippen LogP contribution in [0, 0.1) is 0 Å². The molecule has 6 nitrogen and oxygen atoms in total. The number of carbonyl (C=O) groups is 3. The van der Waals surface area contributed by atoms with Crippen molar-refractivity contribution in [2.24, 2.45) is 5.73 Å². The molecule has 0 aliphatic carbocycles. The summed E-state index contributed by atoms with van der Waals surface area (Å²) in [4.78, 5) is 34.3. The number of thioether (sulfide) groups is 1. The van der Waals surface area contributed by atoms with E-state index in [9.17, 15) is 14.4 Å². The molecule has 0 unspecified atom stereocenters. The Morgan fingerprint density at radius 2 is 1.86 bits per heavy atom. The van der Waals surface area contributed by atoms with Gasteiger partial charge < -0.3 is 10.8 Å². The second-order valence-electron chi connectivity index (χ2n) is 4.95. The highest BCUT2D eigenvalue weighted by atomic mass is 32.2. The number of imide groups is 1. The molecule has 0 aromatic heterocycles. The molecule has 1 aromatic carbocycles. The van der Waals surface area contributed by atoms with Crippen molar-refractivity contribution >= 4 is 29.5 Å². The van der Waals surface area contributed by atoms with Crippen molar-refractivity contribution < 1.29 is 19.5 Å². The van der Waals surface area contributed by atoms with Crippen LogP contribution in [0.5, 0.6) is 0 Å². The third kappa shape index (κ3) is 5.20. The van der Waals surface area contributed by atoms with Crippen LogP contribution in [0.4, 0.5) is 0 Å². The number of aliphatic carboxylic acids is 1. The fourth-order valence-corrected chi connectivity index (χ4v) is 2.32. The Hall–Kier alpha value is -1.86. The monoisotopic (exact) mass is 310 g/mol. The molecule has 1 rings (SSSR count). The van der Waals surface area contributed by atoms with Crippen LogP contribution in [-0.4, -0.2) is 39.4 Å². The molecule has 7 heteroatoms. The van der Waals surface area contributed by atoms with Gasteiger partial charge in [-0.05, 0) is 26.0 Å². The lowest BCUT2D eigenvalue weighted by atomic mass is 10.1. The fourth-order valence-electron chi connectivity index (χ4n) is 1.46. The highest BCUT2D eigenvalue weighted by molar-refractivity contribution is 8.01. The minimum Gasteiger partial charge on any atom is -0.480 e. The predicted octanol–water partition coefficient (Wildman–Crippen LogP) is 0.867. The standard InChI is InChI=1S/C14H18N2O4S/c1-14(2,11(15)13(19)20)21-8-10(17)16-12(18)9-6-4-3-5-7-9/h3-7,11H,8,15H2,1-2H3,(H,19,20)(H,16,17,18)/t11-/m1/s1. The van der Waals surface area contributed by atoms with E-state index in [0.29, 0.717) is 5.56 Å². The first-order chi connectivity index (χ1) is 9.74. The molecule has 0 saturated carbocycles. The number of nitrogens with two attached hydrogens (primary N) is 1. The molecule has 0 aliphatic heterocycles. The Labute approximate surface area is 127 Å². The van der Waals surface area contributed by atoms with E-state index in [4.69, 9.17) is 10.8 Å². The summed E-state index contributed by atoms with van der Waals surface area (Å²) >= 11 is 1.09. The van der Waals surface area contributed by atoms with E-state index in [-0.39, 0.29) is 5.75 Å². The quantitative estimate of drug-likeness (QED) is 0.719. The first-order valence-electron chi connectivity index (χ1n) is 6.25. The van der Waals surface area contributed by atoms with Gasteiger partial charge in [0.2, 0.25) is 5.91 Å². The van der Waals surface area contributed by atoms with Gasteiger partial charge in [-0.15, -0.1) is 11.8 Å². The SMILES string of the molecule is CC(C)(SCC(=O)NC(=O)c1ccccc1)[C@H](N)C(=O)O. The number of carbonyl (C=O) groups excluding carboxylic acids is 2. The van der Waals surface area contributed by atoms with Gasteiger partial charge in [-0.1, -0.05) is 18.2 Å². The van der Waals surface area contributed by atoms with Crippen LogP contribution in [-0.2, 0) is 9.59 Å². The van der Waals surface area contributed by atoms with Gasteiger partial charge in [0.25, 0.3) is 5.91 Å². The molecular weight excluding hydrogens is 292 g/mol. The number of amides is 2. The van der Waals surface area contributed by atoms with Crippen molar-refractivity contribution in [1.29, 1.82) is 0 Å². The molecule has 0 bridgehead atoms. The Bertz CT molecular complexity index is 531. The number of rotatable bonds is 6. The summed E-state index contributed by atoms with van der Waals surface area (Å²) in [5, 5.41) is 11.1. The lowest BCUT2D eigenvalue weighted by Crippen LogP contribution is -2.47. The van der Waals surface area contributed by atoms with Crippen LogP contribution in [0.15, 0.2) is 30.3 Å². The van der Waals surface area contributed by atoms with Gasteiger partial charge in [0, 0.05) is 10.3 Å². The van der Waals surface area contributed by atoms with Gasteiger partial charge in [0.15, 0.2) is 0 Å². The van der Waals surface area contributed by atoms with Crippen LogP contribution in [0.1, 0.15) is 24.2 Å². The zero-order valence-electron chi connectivity index (χ0n) is 11.8. The predicted molar refractivity (Wildman–Crippen MR) is 81.1 cm³/mol. The number of hydrogen-bond donors (Lipinski definition) is 3. The van der Waals surface area contributed by atoms with Crippen molar-refractivity contribution in [2.45, 2.75) is 24.6 Å². The van der Waals surface area contributed by atoms with Crippen molar-refractivity contribution in [3.05, 3.63) is 35.9 Å². The van der Waals surface area contributed by atoms with E-state index in [1.165, 1.54) is 0 Å². The molecular formula is C14H18N2O4S.